The van der Waals surface area contributed by atoms with E-state index < -0.39 is 6.36 Å². The van der Waals surface area contributed by atoms with Crippen molar-refractivity contribution in [2.75, 3.05) is 0 Å². The second kappa shape index (κ2) is 6.06. The second-order valence-electron chi connectivity index (χ2n) is 6.17. The van der Waals surface area contributed by atoms with E-state index in [2.05, 4.69) is 19.3 Å². The number of pyridine rings is 1. The minimum atomic E-state index is -4.72. The van der Waals surface area contributed by atoms with Crippen molar-refractivity contribution in [3.63, 3.8) is 0 Å². The van der Waals surface area contributed by atoms with Crippen LogP contribution in [0.2, 0.25) is 0 Å². The molecule has 0 atom stereocenters. The molecule has 1 saturated carbocycles. The molecule has 0 saturated heterocycles. The van der Waals surface area contributed by atoms with E-state index in [4.69, 9.17) is 0 Å². The zero-order valence-corrected chi connectivity index (χ0v) is 13.3. The normalized spacial score (nSPS) is 15.8. The Labute approximate surface area is 142 Å². The van der Waals surface area contributed by atoms with E-state index >= 15 is 0 Å². The van der Waals surface area contributed by atoms with Gasteiger partial charge in [-0.15, -0.1) is 13.2 Å². The molecule has 3 aromatic rings. The molecular formula is C18H16F3N3O. The number of imidazole rings is 1. The summed E-state index contributed by atoms with van der Waals surface area (Å²) in [7, 11) is 0. The van der Waals surface area contributed by atoms with Crippen molar-refractivity contribution in [1.82, 2.24) is 14.5 Å². The molecule has 0 spiro atoms. The van der Waals surface area contributed by atoms with Gasteiger partial charge in [-0.1, -0.05) is 25.0 Å². The number of benzene rings is 1. The molecule has 0 radical (unpaired) electrons. The predicted molar refractivity (Wildman–Crippen MR) is 87.2 cm³/mol. The molecular weight excluding hydrogens is 331 g/mol. The summed E-state index contributed by atoms with van der Waals surface area (Å²) in [4.78, 5) is 9.07. The van der Waals surface area contributed by atoms with Crippen LogP contribution < -0.4 is 4.74 Å². The summed E-state index contributed by atoms with van der Waals surface area (Å²) in [6.07, 6.45) is 1.30. The fraction of sp³-hybridized carbons (Fsp3) is 0.333. The summed E-state index contributed by atoms with van der Waals surface area (Å²) < 4.78 is 43.7. The summed E-state index contributed by atoms with van der Waals surface area (Å²) >= 11 is 0. The monoisotopic (exact) mass is 347 g/mol. The van der Waals surface area contributed by atoms with Gasteiger partial charge in [-0.25, -0.2) is 9.97 Å². The van der Waals surface area contributed by atoms with Crippen molar-refractivity contribution in [1.29, 1.82) is 0 Å². The first-order valence-electron chi connectivity index (χ1n) is 8.20. The lowest BCUT2D eigenvalue weighted by Gasteiger charge is -2.16. The maximum atomic E-state index is 12.5. The molecule has 7 heteroatoms. The Morgan fingerprint density at radius 2 is 1.88 bits per heavy atom. The van der Waals surface area contributed by atoms with Gasteiger partial charge in [0.2, 0.25) is 0 Å². The largest absolute Gasteiger partial charge is 0.573 e. The van der Waals surface area contributed by atoms with Crippen LogP contribution in [-0.2, 0) is 0 Å². The third kappa shape index (κ3) is 3.18. The van der Waals surface area contributed by atoms with Gasteiger partial charge in [0.15, 0.2) is 5.65 Å². The fourth-order valence-electron chi connectivity index (χ4n) is 3.47. The van der Waals surface area contributed by atoms with Gasteiger partial charge in [-0.2, -0.15) is 0 Å². The van der Waals surface area contributed by atoms with Gasteiger partial charge in [0.05, 0.1) is 0 Å². The highest BCUT2D eigenvalue weighted by atomic mass is 19.4. The molecule has 130 valence electrons. The standard InChI is InChI=1S/C18H16F3N3O/c19-18(20,21)25-14-8-3-5-12(11-14)16-23-15-9-4-10-22-17(15)24(16)13-6-1-2-7-13/h3-5,8-11,13H,1-2,6-7H2. The molecule has 0 N–H and O–H groups in total. The van der Waals surface area contributed by atoms with Gasteiger partial charge >= 0.3 is 6.36 Å². The lowest BCUT2D eigenvalue weighted by molar-refractivity contribution is -0.274. The smallest absolute Gasteiger partial charge is 0.406 e. The van der Waals surface area contributed by atoms with E-state index in [0.717, 1.165) is 36.8 Å². The van der Waals surface area contributed by atoms with Gasteiger partial charge in [0.1, 0.15) is 17.1 Å². The quantitative estimate of drug-likeness (QED) is 0.661. The number of rotatable bonds is 3. The van der Waals surface area contributed by atoms with E-state index in [0.29, 0.717) is 11.4 Å². The molecule has 1 aromatic carbocycles. The first-order chi connectivity index (χ1) is 12.0. The van der Waals surface area contributed by atoms with Crippen molar-refractivity contribution in [2.24, 2.45) is 0 Å². The Morgan fingerprint density at radius 1 is 1.08 bits per heavy atom. The zero-order chi connectivity index (χ0) is 17.4. The molecule has 1 aliphatic rings. The van der Waals surface area contributed by atoms with Crippen molar-refractivity contribution < 1.29 is 17.9 Å². The second-order valence-corrected chi connectivity index (χ2v) is 6.17. The van der Waals surface area contributed by atoms with Gasteiger partial charge in [0, 0.05) is 17.8 Å². The summed E-state index contributed by atoms with van der Waals surface area (Å²) in [6, 6.07) is 9.90. The highest BCUT2D eigenvalue weighted by molar-refractivity contribution is 5.77. The molecule has 4 nitrogen and oxygen atoms in total. The van der Waals surface area contributed by atoms with Crippen molar-refractivity contribution in [2.45, 2.75) is 38.1 Å². The first-order valence-corrected chi connectivity index (χ1v) is 8.20. The van der Waals surface area contributed by atoms with Crippen molar-refractivity contribution in [3.05, 3.63) is 42.6 Å². The summed E-state index contributed by atoms with van der Waals surface area (Å²) in [5.74, 6) is 0.385. The number of fused-ring (bicyclic) bond motifs is 1. The Balaban J connectivity index is 1.83. The minimum Gasteiger partial charge on any atom is -0.406 e. The van der Waals surface area contributed by atoms with Gasteiger partial charge < -0.3 is 9.30 Å². The molecule has 0 bridgehead atoms. The Bertz CT molecular complexity index is 898. The number of nitrogens with zero attached hydrogens (tertiary/aromatic N) is 3. The molecule has 2 aromatic heterocycles. The van der Waals surface area contributed by atoms with Gasteiger partial charge in [-0.3, -0.25) is 0 Å². The van der Waals surface area contributed by atoms with Crippen molar-refractivity contribution in [3.8, 4) is 17.1 Å². The lowest BCUT2D eigenvalue weighted by Crippen LogP contribution is -2.17. The molecule has 25 heavy (non-hydrogen) atoms. The number of halogens is 3. The maximum absolute atomic E-state index is 12.5. The Hall–Kier alpha value is -2.57. The van der Waals surface area contributed by atoms with E-state index in [9.17, 15) is 13.2 Å². The van der Waals surface area contributed by atoms with E-state index in [-0.39, 0.29) is 11.8 Å². The number of hydrogen-bond donors (Lipinski definition) is 0. The minimum absolute atomic E-state index is 0.247. The van der Waals surface area contributed by atoms with E-state index in [1.807, 2.05) is 6.07 Å². The summed E-state index contributed by atoms with van der Waals surface area (Å²) in [5, 5.41) is 0. The van der Waals surface area contributed by atoms with Crippen molar-refractivity contribution >= 4 is 11.2 Å². The molecule has 0 amide bonds. The molecule has 0 unspecified atom stereocenters. The highest BCUT2D eigenvalue weighted by Crippen LogP contribution is 2.37. The SMILES string of the molecule is FC(F)(F)Oc1cccc(-c2nc3cccnc3n2C2CCCC2)c1. The topological polar surface area (TPSA) is 39.9 Å². The molecule has 1 aliphatic carbocycles. The van der Waals surface area contributed by atoms with Gasteiger partial charge in [0.25, 0.3) is 0 Å². The summed E-state index contributed by atoms with van der Waals surface area (Å²) in [5.41, 5.74) is 2.10. The van der Waals surface area contributed by atoms with Crippen LogP contribution >= 0.6 is 0 Å². The highest BCUT2D eigenvalue weighted by Gasteiger charge is 2.31. The first kappa shape index (κ1) is 15.9. The van der Waals surface area contributed by atoms with Crippen LogP contribution in [0.15, 0.2) is 42.6 Å². The van der Waals surface area contributed by atoms with Crippen LogP contribution in [-0.4, -0.2) is 20.9 Å². The van der Waals surface area contributed by atoms with Crippen LogP contribution in [0.3, 0.4) is 0 Å². The average molecular weight is 347 g/mol. The third-order valence-electron chi connectivity index (χ3n) is 4.46. The van der Waals surface area contributed by atoms with E-state index in [1.54, 1.807) is 24.4 Å². The van der Waals surface area contributed by atoms with Crippen LogP contribution in [0.1, 0.15) is 31.7 Å². The molecule has 1 fully saturated rings. The third-order valence-corrected chi connectivity index (χ3v) is 4.46. The number of hydrogen-bond acceptors (Lipinski definition) is 3. The maximum Gasteiger partial charge on any atom is 0.573 e. The Morgan fingerprint density at radius 3 is 2.64 bits per heavy atom. The van der Waals surface area contributed by atoms with E-state index in [1.165, 1.54) is 12.1 Å². The predicted octanol–water partition coefficient (Wildman–Crippen LogP) is 5.11. The number of aromatic nitrogens is 3. The molecule has 4 rings (SSSR count). The lowest BCUT2D eigenvalue weighted by atomic mass is 10.1. The molecule has 2 heterocycles. The summed E-state index contributed by atoms with van der Waals surface area (Å²) in [6.45, 7) is 0. The molecule has 0 aliphatic heterocycles. The number of alkyl halides is 3. The van der Waals surface area contributed by atoms with Crippen LogP contribution in [0.5, 0.6) is 5.75 Å². The van der Waals surface area contributed by atoms with Crippen LogP contribution in [0.25, 0.3) is 22.6 Å². The Kier molecular flexibility index (Phi) is 3.86. The average Bonchev–Trinajstić information content (AvgIpc) is 3.20. The fourth-order valence-corrected chi connectivity index (χ4v) is 3.47. The zero-order valence-electron chi connectivity index (χ0n) is 13.3. The van der Waals surface area contributed by atoms with Gasteiger partial charge in [-0.05, 0) is 37.1 Å². The van der Waals surface area contributed by atoms with Crippen LogP contribution in [0, 0.1) is 0 Å². The number of ether oxygens (including phenoxy) is 1. The van der Waals surface area contributed by atoms with Crippen LogP contribution in [0.4, 0.5) is 13.2 Å².